The van der Waals surface area contributed by atoms with E-state index in [1.54, 1.807) is 19.9 Å². The summed E-state index contributed by atoms with van der Waals surface area (Å²) in [5, 5.41) is 0. The molecule has 0 N–H and O–H groups in total. The monoisotopic (exact) mass is 264 g/mol. The minimum atomic E-state index is -4.45. The van der Waals surface area contributed by atoms with Crippen LogP contribution in [0.5, 0.6) is 5.75 Å². The van der Waals surface area contributed by atoms with E-state index in [1.165, 1.54) is 12.1 Å². The van der Waals surface area contributed by atoms with Gasteiger partial charge in [-0.2, -0.15) is 0 Å². The van der Waals surface area contributed by atoms with Crippen molar-refractivity contribution in [1.82, 2.24) is 0 Å². The Morgan fingerprint density at radius 1 is 1.47 bits per heavy atom. The quantitative estimate of drug-likeness (QED) is 0.391. The van der Waals surface area contributed by atoms with E-state index in [9.17, 15) is 13.0 Å². The molecule has 0 unspecified atom stereocenters. The van der Waals surface area contributed by atoms with Crippen LogP contribution in [0.25, 0.3) is 0 Å². The normalized spacial score (nSPS) is 10.5. The van der Waals surface area contributed by atoms with Gasteiger partial charge in [0.25, 0.3) is 0 Å². The van der Waals surface area contributed by atoms with E-state index in [2.05, 4.69) is 6.58 Å². The van der Waals surface area contributed by atoms with Crippen molar-refractivity contribution >= 4 is 10.1 Å². The Morgan fingerprint density at radius 2 is 2.06 bits per heavy atom. The third-order valence-electron chi connectivity index (χ3n) is 1.98. The Balaban J connectivity index is 0.00000256. The average molecular weight is 264 g/mol. The van der Waals surface area contributed by atoms with E-state index in [-0.39, 0.29) is 34.5 Å². The molecule has 0 radical (unpaired) electrons. The van der Waals surface area contributed by atoms with Gasteiger partial charge in [0.1, 0.15) is 22.5 Å². The fourth-order valence-electron chi connectivity index (χ4n) is 1.22. The molecule has 1 rings (SSSR count). The molecule has 1 aromatic rings. The molecular formula is C11H13NaO4S. The molecule has 0 bridgehead atoms. The molecule has 0 heterocycles. The molecular weight excluding hydrogens is 251 g/mol. The van der Waals surface area contributed by atoms with Gasteiger partial charge in [-0.05, 0) is 31.6 Å². The second-order valence-corrected chi connectivity index (χ2v) is 4.93. The summed E-state index contributed by atoms with van der Waals surface area (Å²) in [5.41, 5.74) is 1.15. The van der Waals surface area contributed by atoms with Crippen molar-refractivity contribution in [2.45, 2.75) is 18.7 Å². The molecule has 0 amide bonds. The molecule has 1 aromatic carbocycles. The summed E-state index contributed by atoms with van der Waals surface area (Å²) in [6.07, 6.45) is 0. The molecule has 4 nitrogen and oxygen atoms in total. The van der Waals surface area contributed by atoms with Gasteiger partial charge < -0.3 is 9.29 Å². The second-order valence-electron chi connectivity index (χ2n) is 3.58. The van der Waals surface area contributed by atoms with Crippen LogP contribution in [-0.4, -0.2) is 19.6 Å². The van der Waals surface area contributed by atoms with Crippen LogP contribution in [0, 0.1) is 6.92 Å². The minimum absolute atomic E-state index is 0. The van der Waals surface area contributed by atoms with E-state index in [4.69, 9.17) is 4.74 Å². The van der Waals surface area contributed by atoms with E-state index in [0.717, 1.165) is 5.57 Å². The molecule has 17 heavy (non-hydrogen) atoms. The summed E-state index contributed by atoms with van der Waals surface area (Å²) in [6.45, 7) is 7.30. The topological polar surface area (TPSA) is 66.4 Å². The maximum absolute atomic E-state index is 10.9. The summed E-state index contributed by atoms with van der Waals surface area (Å²) in [6, 6.07) is 4.36. The van der Waals surface area contributed by atoms with Gasteiger partial charge in [-0.3, -0.25) is 0 Å². The molecule has 0 aliphatic heterocycles. The first kappa shape index (κ1) is 16.7. The number of hydrogen-bond donors (Lipinski definition) is 0. The zero-order chi connectivity index (χ0) is 12.3. The van der Waals surface area contributed by atoms with Crippen molar-refractivity contribution in [3.05, 3.63) is 35.9 Å². The maximum atomic E-state index is 10.9. The fraction of sp³-hybridized carbons (Fsp3) is 0.273. The predicted octanol–water partition coefficient (Wildman–Crippen LogP) is -1.14. The van der Waals surface area contributed by atoms with Crippen LogP contribution in [0.1, 0.15) is 12.5 Å². The van der Waals surface area contributed by atoms with Crippen molar-refractivity contribution in [2.24, 2.45) is 0 Å². The van der Waals surface area contributed by atoms with Gasteiger partial charge >= 0.3 is 29.6 Å². The molecule has 88 valence electrons. The van der Waals surface area contributed by atoms with Gasteiger partial charge in [0.05, 0.1) is 4.90 Å². The van der Waals surface area contributed by atoms with Crippen molar-refractivity contribution in [1.29, 1.82) is 0 Å². The molecule has 0 fully saturated rings. The van der Waals surface area contributed by atoms with Crippen molar-refractivity contribution in [3.8, 4) is 5.75 Å². The van der Waals surface area contributed by atoms with Crippen LogP contribution in [-0.2, 0) is 10.1 Å². The average Bonchev–Trinajstić information content (AvgIpc) is 2.14. The standard InChI is InChI=1S/C11H14O4S.Na/c1-8(2)7-15-10-5-4-6-11(9(10)3)16(12,13)14;/h4-6H,1,7H2,2-3H3,(H,12,13,14);/q;+1/p-1. The maximum Gasteiger partial charge on any atom is 1.00 e. The van der Waals surface area contributed by atoms with Crippen LogP contribution < -0.4 is 34.3 Å². The van der Waals surface area contributed by atoms with Crippen molar-refractivity contribution in [3.63, 3.8) is 0 Å². The summed E-state index contributed by atoms with van der Waals surface area (Å²) in [5.74, 6) is 0.389. The first-order valence-corrected chi connectivity index (χ1v) is 6.06. The predicted molar refractivity (Wildman–Crippen MR) is 59.5 cm³/mol. The fourth-order valence-corrected chi connectivity index (χ4v) is 1.94. The summed E-state index contributed by atoms with van der Waals surface area (Å²) >= 11 is 0. The van der Waals surface area contributed by atoms with Gasteiger partial charge in [0.15, 0.2) is 0 Å². The summed E-state index contributed by atoms with van der Waals surface area (Å²) < 4.78 is 38.1. The van der Waals surface area contributed by atoms with Gasteiger partial charge in [-0.25, -0.2) is 8.42 Å². The third-order valence-corrected chi connectivity index (χ3v) is 2.96. The zero-order valence-corrected chi connectivity index (χ0v) is 13.0. The van der Waals surface area contributed by atoms with Gasteiger partial charge in [-0.15, -0.1) is 0 Å². The van der Waals surface area contributed by atoms with Gasteiger partial charge in [0.2, 0.25) is 0 Å². The Morgan fingerprint density at radius 3 is 2.53 bits per heavy atom. The summed E-state index contributed by atoms with van der Waals surface area (Å²) in [4.78, 5) is -0.244. The Hall–Kier alpha value is -0.330. The first-order valence-electron chi connectivity index (χ1n) is 4.65. The number of benzene rings is 1. The van der Waals surface area contributed by atoms with Crippen molar-refractivity contribution in [2.75, 3.05) is 6.61 Å². The van der Waals surface area contributed by atoms with E-state index >= 15 is 0 Å². The number of rotatable bonds is 4. The van der Waals surface area contributed by atoms with E-state index in [1.807, 2.05) is 0 Å². The smallest absolute Gasteiger partial charge is 0.744 e. The molecule has 0 atom stereocenters. The zero-order valence-electron chi connectivity index (χ0n) is 10.2. The third kappa shape index (κ3) is 4.81. The molecule has 0 aliphatic rings. The molecule has 0 aliphatic carbocycles. The van der Waals surface area contributed by atoms with Crippen molar-refractivity contribution < 1.29 is 47.3 Å². The molecule has 0 aromatic heterocycles. The number of hydrogen-bond acceptors (Lipinski definition) is 4. The Labute approximate surface area is 124 Å². The summed E-state index contributed by atoms with van der Waals surface area (Å²) in [7, 11) is -4.45. The Bertz CT molecular complexity index is 508. The Kier molecular flexibility index (Phi) is 6.43. The molecule has 0 saturated heterocycles. The van der Waals surface area contributed by atoms with E-state index < -0.39 is 10.1 Å². The molecule has 0 saturated carbocycles. The number of ether oxygens (including phenoxy) is 1. The van der Waals surface area contributed by atoms with Crippen LogP contribution in [0.2, 0.25) is 0 Å². The SMILES string of the molecule is C=C(C)COc1cccc(S(=O)(=O)[O-])c1C.[Na+]. The van der Waals surface area contributed by atoms with Crippen LogP contribution in [0.4, 0.5) is 0 Å². The van der Waals surface area contributed by atoms with Crippen LogP contribution in [0.15, 0.2) is 35.2 Å². The largest absolute Gasteiger partial charge is 1.00 e. The van der Waals surface area contributed by atoms with Crippen LogP contribution in [0.3, 0.4) is 0 Å². The van der Waals surface area contributed by atoms with Crippen LogP contribution >= 0.6 is 0 Å². The minimum Gasteiger partial charge on any atom is -0.744 e. The second kappa shape index (κ2) is 6.56. The molecule has 6 heteroatoms. The molecule has 0 spiro atoms. The van der Waals surface area contributed by atoms with E-state index in [0.29, 0.717) is 17.9 Å². The van der Waals surface area contributed by atoms with Gasteiger partial charge in [0, 0.05) is 5.56 Å². The first-order chi connectivity index (χ1) is 7.32. The van der Waals surface area contributed by atoms with Gasteiger partial charge in [-0.1, -0.05) is 12.6 Å².